The summed E-state index contributed by atoms with van der Waals surface area (Å²) in [5, 5.41) is 3.27. The fourth-order valence-corrected chi connectivity index (χ4v) is 2.72. The normalized spacial score (nSPS) is 10.6. The van der Waals surface area contributed by atoms with E-state index in [4.69, 9.17) is 16.3 Å². The zero-order valence-electron chi connectivity index (χ0n) is 11.7. The Bertz CT molecular complexity index is 568. The Morgan fingerprint density at radius 3 is 2.75 bits per heavy atom. The molecule has 0 spiro atoms. The first-order valence-corrected chi connectivity index (χ1v) is 7.62. The van der Waals surface area contributed by atoms with E-state index in [1.54, 1.807) is 11.3 Å². The second kappa shape index (κ2) is 6.85. The molecule has 0 radical (unpaired) electrons. The maximum absolute atomic E-state index is 5.86. The van der Waals surface area contributed by atoms with Crippen LogP contribution in [0.3, 0.4) is 0 Å². The maximum Gasteiger partial charge on any atom is 0.322 e. The van der Waals surface area contributed by atoms with E-state index < -0.39 is 0 Å². The highest BCUT2D eigenvalue weighted by molar-refractivity contribution is 7.12. The summed E-state index contributed by atoms with van der Waals surface area (Å²) in [5.41, 5.74) is 1.30. The minimum Gasteiger partial charge on any atom is -0.463 e. The van der Waals surface area contributed by atoms with Crippen LogP contribution < -0.4 is 10.1 Å². The van der Waals surface area contributed by atoms with Crippen LogP contribution in [0, 0.1) is 13.8 Å². The van der Waals surface area contributed by atoms with Crippen molar-refractivity contribution in [3.8, 4) is 6.01 Å². The molecule has 0 saturated carbocycles. The third kappa shape index (κ3) is 4.05. The quantitative estimate of drug-likeness (QED) is 0.883. The zero-order valence-corrected chi connectivity index (χ0v) is 13.3. The number of nitrogens with one attached hydrogen (secondary N) is 1. The monoisotopic (exact) mass is 312 g/mol. The summed E-state index contributed by atoms with van der Waals surface area (Å²) >= 11 is 7.62. The van der Waals surface area contributed by atoms with Crippen LogP contribution in [-0.4, -0.2) is 21.6 Å². The van der Waals surface area contributed by atoms with Gasteiger partial charge in [0.1, 0.15) is 0 Å². The van der Waals surface area contributed by atoms with E-state index in [2.05, 4.69) is 40.2 Å². The van der Waals surface area contributed by atoms with Crippen LogP contribution in [0.5, 0.6) is 6.01 Å². The minimum absolute atomic E-state index is 0.132. The lowest BCUT2D eigenvalue weighted by Gasteiger charge is -2.06. The Labute approximate surface area is 127 Å². The van der Waals surface area contributed by atoms with E-state index in [1.165, 1.54) is 15.3 Å². The number of ether oxygens (including phenoxy) is 1. The van der Waals surface area contributed by atoms with Crippen molar-refractivity contribution in [3.63, 3.8) is 0 Å². The fraction of sp³-hybridized carbons (Fsp3) is 0.462. The van der Waals surface area contributed by atoms with Crippen molar-refractivity contribution in [2.24, 2.45) is 0 Å². The van der Waals surface area contributed by atoms with Gasteiger partial charge in [0.15, 0.2) is 0 Å². The highest BCUT2D eigenvalue weighted by Crippen LogP contribution is 2.21. The number of halogens is 1. The molecular formula is C13H17ClN4OS. The Balaban J connectivity index is 2.03. The van der Waals surface area contributed by atoms with E-state index >= 15 is 0 Å². The first-order chi connectivity index (χ1) is 9.58. The molecular weight excluding hydrogens is 296 g/mol. The van der Waals surface area contributed by atoms with Gasteiger partial charge < -0.3 is 10.1 Å². The molecule has 2 aromatic rings. The molecule has 0 saturated heterocycles. The SMILES string of the molecule is CCCOc1nc(Cl)nc(NCc2cc(C)c(C)s2)n1. The van der Waals surface area contributed by atoms with Gasteiger partial charge in [-0.25, -0.2) is 0 Å². The zero-order chi connectivity index (χ0) is 14.5. The molecule has 0 amide bonds. The maximum atomic E-state index is 5.86. The van der Waals surface area contributed by atoms with Gasteiger partial charge in [-0.05, 0) is 43.5 Å². The van der Waals surface area contributed by atoms with Gasteiger partial charge in [0.25, 0.3) is 0 Å². The molecule has 7 heteroatoms. The Kier molecular flexibility index (Phi) is 5.14. The van der Waals surface area contributed by atoms with Gasteiger partial charge >= 0.3 is 6.01 Å². The van der Waals surface area contributed by atoms with Gasteiger partial charge in [-0.2, -0.15) is 15.0 Å². The number of rotatable bonds is 6. The van der Waals surface area contributed by atoms with Crippen LogP contribution in [0.25, 0.3) is 0 Å². The Hall–Kier alpha value is -1.40. The molecule has 20 heavy (non-hydrogen) atoms. The average molecular weight is 313 g/mol. The first kappa shape index (κ1) is 15.0. The van der Waals surface area contributed by atoms with Gasteiger partial charge in [-0.15, -0.1) is 11.3 Å². The standard InChI is InChI=1S/C13H17ClN4OS/c1-4-5-19-13-17-11(14)16-12(18-13)15-7-10-6-8(2)9(3)20-10/h6H,4-5,7H2,1-3H3,(H,15,16,17,18). The largest absolute Gasteiger partial charge is 0.463 e. The van der Waals surface area contributed by atoms with Crippen molar-refractivity contribution < 1.29 is 4.74 Å². The molecule has 0 aliphatic carbocycles. The summed E-state index contributed by atoms with van der Waals surface area (Å²) < 4.78 is 5.37. The Morgan fingerprint density at radius 2 is 2.10 bits per heavy atom. The molecule has 108 valence electrons. The highest BCUT2D eigenvalue weighted by Gasteiger charge is 2.07. The van der Waals surface area contributed by atoms with Gasteiger partial charge in [0.2, 0.25) is 11.2 Å². The molecule has 5 nitrogen and oxygen atoms in total. The van der Waals surface area contributed by atoms with Crippen LogP contribution in [0.4, 0.5) is 5.95 Å². The number of aromatic nitrogens is 3. The Morgan fingerprint density at radius 1 is 1.30 bits per heavy atom. The van der Waals surface area contributed by atoms with Gasteiger partial charge in [0.05, 0.1) is 13.2 Å². The van der Waals surface area contributed by atoms with Crippen LogP contribution in [0.1, 0.15) is 28.7 Å². The van der Waals surface area contributed by atoms with E-state index in [1.807, 2.05) is 6.92 Å². The van der Waals surface area contributed by atoms with Crippen LogP contribution in [-0.2, 0) is 6.54 Å². The van der Waals surface area contributed by atoms with Crippen LogP contribution in [0.2, 0.25) is 5.28 Å². The van der Waals surface area contributed by atoms with Crippen LogP contribution >= 0.6 is 22.9 Å². The molecule has 0 aromatic carbocycles. The number of thiophene rings is 1. The summed E-state index contributed by atoms with van der Waals surface area (Å²) in [7, 11) is 0. The summed E-state index contributed by atoms with van der Waals surface area (Å²) in [6.07, 6.45) is 0.889. The summed E-state index contributed by atoms with van der Waals surface area (Å²) in [6, 6.07) is 2.41. The number of hydrogen-bond donors (Lipinski definition) is 1. The molecule has 0 atom stereocenters. The average Bonchev–Trinajstić information content (AvgIpc) is 2.73. The predicted octanol–water partition coefficient (Wildman–Crippen LogP) is 3.60. The number of aryl methyl sites for hydroxylation is 2. The van der Waals surface area contributed by atoms with Crippen molar-refractivity contribution in [2.75, 3.05) is 11.9 Å². The summed E-state index contributed by atoms with van der Waals surface area (Å²) in [4.78, 5) is 14.7. The highest BCUT2D eigenvalue weighted by atomic mass is 35.5. The lowest BCUT2D eigenvalue weighted by molar-refractivity contribution is 0.291. The van der Waals surface area contributed by atoms with Crippen molar-refractivity contribution in [2.45, 2.75) is 33.7 Å². The van der Waals surface area contributed by atoms with Crippen molar-refractivity contribution in [1.82, 2.24) is 15.0 Å². The number of nitrogens with zero attached hydrogens (tertiary/aromatic N) is 3. The van der Waals surface area contributed by atoms with E-state index in [0.717, 1.165) is 6.42 Å². The summed E-state index contributed by atoms with van der Waals surface area (Å²) in [6.45, 7) is 7.45. The van der Waals surface area contributed by atoms with Gasteiger partial charge in [-0.1, -0.05) is 6.92 Å². The topological polar surface area (TPSA) is 59.9 Å². The second-order valence-electron chi connectivity index (χ2n) is 4.36. The van der Waals surface area contributed by atoms with E-state index in [0.29, 0.717) is 19.1 Å². The third-order valence-corrected chi connectivity index (χ3v) is 3.98. The molecule has 0 unspecified atom stereocenters. The molecule has 0 aliphatic heterocycles. The molecule has 0 fully saturated rings. The van der Waals surface area contributed by atoms with E-state index in [9.17, 15) is 0 Å². The van der Waals surface area contributed by atoms with Crippen molar-refractivity contribution >= 4 is 28.9 Å². The lowest BCUT2D eigenvalue weighted by Crippen LogP contribution is -2.07. The molecule has 1 N–H and O–H groups in total. The van der Waals surface area contributed by atoms with Crippen molar-refractivity contribution in [1.29, 1.82) is 0 Å². The molecule has 0 aliphatic rings. The van der Waals surface area contributed by atoms with Gasteiger partial charge in [0, 0.05) is 9.75 Å². The molecule has 2 aromatic heterocycles. The number of anilines is 1. The fourth-order valence-electron chi connectivity index (χ4n) is 1.57. The molecule has 2 rings (SSSR count). The number of hydrogen-bond acceptors (Lipinski definition) is 6. The first-order valence-electron chi connectivity index (χ1n) is 6.42. The second-order valence-corrected chi connectivity index (χ2v) is 6.04. The van der Waals surface area contributed by atoms with Crippen molar-refractivity contribution in [3.05, 3.63) is 26.7 Å². The van der Waals surface area contributed by atoms with Gasteiger partial charge in [-0.3, -0.25) is 0 Å². The summed E-state index contributed by atoms with van der Waals surface area (Å²) in [5.74, 6) is 0.430. The smallest absolute Gasteiger partial charge is 0.322 e. The molecule has 2 heterocycles. The van der Waals surface area contributed by atoms with E-state index in [-0.39, 0.29) is 11.3 Å². The van der Waals surface area contributed by atoms with Crippen LogP contribution in [0.15, 0.2) is 6.07 Å². The third-order valence-electron chi connectivity index (χ3n) is 2.66. The predicted molar refractivity (Wildman–Crippen MR) is 81.7 cm³/mol. The minimum atomic E-state index is 0.132. The molecule has 0 bridgehead atoms. The lowest BCUT2D eigenvalue weighted by atomic mass is 10.3.